The third kappa shape index (κ3) is 3.43. The first kappa shape index (κ1) is 20.6. The minimum Gasteiger partial charge on any atom is -0.319 e. The van der Waals surface area contributed by atoms with Gasteiger partial charge in [-0.2, -0.15) is 5.10 Å². The van der Waals surface area contributed by atoms with Crippen LogP contribution in [0.5, 0.6) is 0 Å². The van der Waals surface area contributed by atoms with E-state index in [9.17, 15) is 14.4 Å². The molecule has 1 N–H and O–H groups in total. The second-order valence-electron chi connectivity index (χ2n) is 7.81. The van der Waals surface area contributed by atoms with Crippen molar-refractivity contribution in [2.45, 2.75) is 24.9 Å². The Kier molecular flexibility index (Phi) is 5.15. The Hall–Kier alpha value is -3.30. The van der Waals surface area contributed by atoms with Gasteiger partial charge in [0, 0.05) is 11.3 Å². The lowest BCUT2D eigenvalue weighted by molar-refractivity contribution is -0.139. The summed E-state index contributed by atoms with van der Waals surface area (Å²) in [6.45, 7) is 1.29. The molecular weight excluding hydrogens is 444 g/mol. The highest BCUT2D eigenvalue weighted by atomic mass is 32.1. The number of hydrazone groups is 1. The standard InChI is InChI=1S/C23H20N4O3S2/c1-23(15-7-3-2-4-8-15)21(29)26(22(30)24-23)14-20(28)27-17(19-10-6-12-32-19)13-16(25-27)18-9-5-11-31-18/h2-12,17H,13-14H2,1H3,(H,24,30). The summed E-state index contributed by atoms with van der Waals surface area (Å²) in [6, 6.07) is 16.0. The second-order valence-corrected chi connectivity index (χ2v) is 9.74. The molecule has 2 aliphatic rings. The highest BCUT2D eigenvalue weighted by molar-refractivity contribution is 7.12. The van der Waals surface area contributed by atoms with Crippen molar-refractivity contribution < 1.29 is 14.4 Å². The second kappa shape index (κ2) is 7.99. The van der Waals surface area contributed by atoms with E-state index in [4.69, 9.17) is 0 Å². The van der Waals surface area contributed by atoms with Crippen LogP contribution >= 0.6 is 22.7 Å². The summed E-state index contributed by atoms with van der Waals surface area (Å²) >= 11 is 3.13. The zero-order valence-electron chi connectivity index (χ0n) is 17.2. The number of carbonyl (C=O) groups is 3. The molecule has 1 saturated heterocycles. The zero-order chi connectivity index (χ0) is 22.3. The van der Waals surface area contributed by atoms with Crippen LogP contribution in [0.15, 0.2) is 70.5 Å². The van der Waals surface area contributed by atoms with Crippen LogP contribution in [0.2, 0.25) is 0 Å². The van der Waals surface area contributed by atoms with Crippen LogP contribution in [0.1, 0.15) is 34.7 Å². The van der Waals surface area contributed by atoms with Crippen molar-refractivity contribution in [3.8, 4) is 0 Å². The molecule has 0 radical (unpaired) electrons. The van der Waals surface area contributed by atoms with Gasteiger partial charge in [-0.3, -0.25) is 14.5 Å². The SMILES string of the molecule is CC1(c2ccccc2)NC(=O)N(CC(=O)N2N=C(c3cccs3)CC2c2cccs2)C1=O. The number of thiophene rings is 2. The molecule has 2 aromatic heterocycles. The molecule has 3 aromatic rings. The first-order chi connectivity index (χ1) is 15.5. The molecule has 2 unspecified atom stereocenters. The number of hydrogen-bond donors (Lipinski definition) is 1. The molecule has 7 nitrogen and oxygen atoms in total. The third-order valence-corrected chi connectivity index (χ3v) is 7.65. The van der Waals surface area contributed by atoms with Gasteiger partial charge in [0.05, 0.1) is 16.6 Å². The first-order valence-corrected chi connectivity index (χ1v) is 11.9. The number of rotatable bonds is 5. The molecule has 1 fully saturated rings. The number of urea groups is 1. The largest absolute Gasteiger partial charge is 0.325 e. The van der Waals surface area contributed by atoms with Gasteiger partial charge >= 0.3 is 6.03 Å². The normalized spacial score (nSPS) is 22.9. The van der Waals surface area contributed by atoms with Crippen LogP contribution in [0.25, 0.3) is 0 Å². The van der Waals surface area contributed by atoms with E-state index >= 15 is 0 Å². The van der Waals surface area contributed by atoms with E-state index < -0.39 is 23.4 Å². The van der Waals surface area contributed by atoms with E-state index in [2.05, 4.69) is 10.4 Å². The molecule has 1 aromatic carbocycles. The maximum atomic E-state index is 13.3. The summed E-state index contributed by atoms with van der Waals surface area (Å²) in [4.78, 5) is 42.2. The van der Waals surface area contributed by atoms with Crippen molar-refractivity contribution in [2.24, 2.45) is 5.10 Å². The molecule has 2 aliphatic heterocycles. The number of imide groups is 1. The molecule has 0 bridgehead atoms. The molecular formula is C23H20N4O3S2. The van der Waals surface area contributed by atoms with Crippen molar-refractivity contribution in [3.05, 3.63) is 80.7 Å². The van der Waals surface area contributed by atoms with Gasteiger partial charge in [0.15, 0.2) is 0 Å². The molecule has 0 aliphatic carbocycles. The van der Waals surface area contributed by atoms with E-state index in [0.717, 1.165) is 20.4 Å². The molecule has 162 valence electrons. The van der Waals surface area contributed by atoms with E-state index in [1.807, 2.05) is 53.2 Å². The number of benzene rings is 1. The van der Waals surface area contributed by atoms with Crippen LogP contribution in [0.4, 0.5) is 4.79 Å². The summed E-state index contributed by atoms with van der Waals surface area (Å²) in [6.07, 6.45) is 0.592. The Labute approximate surface area is 193 Å². The lowest BCUT2D eigenvalue weighted by atomic mass is 9.92. The Bertz CT molecular complexity index is 1190. The molecule has 0 saturated carbocycles. The van der Waals surface area contributed by atoms with Crippen LogP contribution in [-0.2, 0) is 15.1 Å². The van der Waals surface area contributed by atoms with Gasteiger partial charge < -0.3 is 5.32 Å². The molecule has 4 heterocycles. The summed E-state index contributed by atoms with van der Waals surface area (Å²) in [5.41, 5.74) is 0.296. The van der Waals surface area contributed by atoms with E-state index in [0.29, 0.717) is 12.0 Å². The fraction of sp³-hybridized carbons (Fsp3) is 0.217. The number of nitrogens with one attached hydrogen (secondary N) is 1. The molecule has 4 amide bonds. The monoisotopic (exact) mass is 464 g/mol. The van der Waals surface area contributed by atoms with Crippen molar-refractivity contribution in [1.29, 1.82) is 0 Å². The maximum absolute atomic E-state index is 13.3. The Balaban J connectivity index is 1.40. The predicted octanol–water partition coefficient (Wildman–Crippen LogP) is 3.95. The van der Waals surface area contributed by atoms with Gasteiger partial charge in [-0.05, 0) is 35.4 Å². The first-order valence-electron chi connectivity index (χ1n) is 10.1. The van der Waals surface area contributed by atoms with Crippen LogP contribution < -0.4 is 5.32 Å². The summed E-state index contributed by atoms with van der Waals surface area (Å²) in [5, 5.41) is 12.7. The highest BCUT2D eigenvalue weighted by Gasteiger charge is 2.50. The molecule has 9 heteroatoms. The topological polar surface area (TPSA) is 82.1 Å². The smallest absolute Gasteiger partial charge is 0.319 e. The minimum absolute atomic E-state index is 0.249. The summed E-state index contributed by atoms with van der Waals surface area (Å²) in [7, 11) is 0. The maximum Gasteiger partial charge on any atom is 0.325 e. The van der Waals surface area contributed by atoms with Crippen LogP contribution in [-0.4, -0.2) is 40.0 Å². The number of carbonyl (C=O) groups excluding carboxylic acids is 3. The lowest BCUT2D eigenvalue weighted by Crippen LogP contribution is -2.43. The average Bonchev–Trinajstić information content (AvgIpc) is 3.58. The zero-order valence-corrected chi connectivity index (χ0v) is 18.9. The molecule has 2 atom stereocenters. The van der Waals surface area contributed by atoms with Gasteiger partial charge in [-0.25, -0.2) is 9.80 Å². The van der Waals surface area contributed by atoms with Gasteiger partial charge in [-0.1, -0.05) is 42.5 Å². The Morgan fingerprint density at radius 1 is 1.09 bits per heavy atom. The third-order valence-electron chi connectivity index (χ3n) is 5.76. The van der Waals surface area contributed by atoms with Crippen molar-refractivity contribution in [1.82, 2.24) is 15.2 Å². The van der Waals surface area contributed by atoms with Gasteiger partial charge in [-0.15, -0.1) is 22.7 Å². The average molecular weight is 465 g/mol. The Morgan fingerprint density at radius 3 is 2.53 bits per heavy atom. The fourth-order valence-corrected chi connectivity index (χ4v) is 5.58. The van der Waals surface area contributed by atoms with Crippen molar-refractivity contribution in [3.63, 3.8) is 0 Å². The Morgan fingerprint density at radius 2 is 1.84 bits per heavy atom. The van der Waals surface area contributed by atoms with Gasteiger partial charge in [0.25, 0.3) is 11.8 Å². The van der Waals surface area contributed by atoms with Gasteiger partial charge in [0.2, 0.25) is 0 Å². The number of nitrogens with zero attached hydrogens (tertiary/aromatic N) is 3. The fourth-order valence-electron chi connectivity index (χ4n) is 4.05. The molecule has 0 spiro atoms. The van der Waals surface area contributed by atoms with Crippen LogP contribution in [0.3, 0.4) is 0 Å². The van der Waals surface area contributed by atoms with Gasteiger partial charge in [0.1, 0.15) is 12.1 Å². The van der Waals surface area contributed by atoms with E-state index in [1.54, 1.807) is 41.7 Å². The lowest BCUT2D eigenvalue weighted by Gasteiger charge is -2.24. The predicted molar refractivity (Wildman–Crippen MR) is 123 cm³/mol. The number of amides is 4. The van der Waals surface area contributed by atoms with E-state index in [-0.39, 0.29) is 12.6 Å². The highest BCUT2D eigenvalue weighted by Crippen LogP contribution is 2.36. The minimum atomic E-state index is -1.21. The van der Waals surface area contributed by atoms with Crippen molar-refractivity contribution in [2.75, 3.05) is 6.54 Å². The van der Waals surface area contributed by atoms with E-state index in [1.165, 1.54) is 5.01 Å². The molecule has 32 heavy (non-hydrogen) atoms. The van der Waals surface area contributed by atoms with Crippen molar-refractivity contribution >= 4 is 46.2 Å². The quantitative estimate of drug-likeness (QED) is 0.581. The molecule has 5 rings (SSSR count). The summed E-state index contributed by atoms with van der Waals surface area (Å²) < 4.78 is 0. The van der Waals surface area contributed by atoms with Crippen LogP contribution in [0, 0.1) is 0 Å². The summed E-state index contributed by atoms with van der Waals surface area (Å²) in [5.74, 6) is -0.841. The number of hydrogen-bond acceptors (Lipinski definition) is 6.